The standard InChI is InChI=1S/C21H26N2O2/c1-6-18-9-7-8-10-19(18)22-20(25)13-23(17(5)24)21-15(3)11-14(2)12-16(21)4/h7-12H,6,13H2,1-5H3,(H,22,25). The first-order chi connectivity index (χ1) is 11.8. The van der Waals surface area contributed by atoms with E-state index in [0.29, 0.717) is 0 Å². The van der Waals surface area contributed by atoms with Gasteiger partial charge in [-0.2, -0.15) is 0 Å². The Hall–Kier alpha value is -2.62. The SMILES string of the molecule is CCc1ccccc1NC(=O)CN(C(C)=O)c1c(C)cc(C)cc1C. The molecule has 2 aromatic carbocycles. The van der Waals surface area contributed by atoms with Crippen LogP contribution in [0.3, 0.4) is 0 Å². The number of amides is 2. The summed E-state index contributed by atoms with van der Waals surface area (Å²) in [6, 6.07) is 11.8. The second-order valence-corrected chi connectivity index (χ2v) is 6.41. The molecule has 0 heterocycles. The number of carbonyl (C=O) groups excluding carboxylic acids is 2. The van der Waals surface area contributed by atoms with Crippen LogP contribution in [0.25, 0.3) is 0 Å². The van der Waals surface area contributed by atoms with Gasteiger partial charge in [0.15, 0.2) is 0 Å². The van der Waals surface area contributed by atoms with Crippen molar-refractivity contribution in [3.63, 3.8) is 0 Å². The fraction of sp³-hybridized carbons (Fsp3) is 0.333. The lowest BCUT2D eigenvalue weighted by Crippen LogP contribution is -2.37. The van der Waals surface area contributed by atoms with Gasteiger partial charge in [-0.15, -0.1) is 0 Å². The monoisotopic (exact) mass is 338 g/mol. The molecular formula is C21H26N2O2. The van der Waals surface area contributed by atoms with E-state index in [1.54, 1.807) is 4.90 Å². The highest BCUT2D eigenvalue weighted by molar-refractivity contribution is 6.02. The van der Waals surface area contributed by atoms with E-state index in [9.17, 15) is 9.59 Å². The Labute approximate surface area is 149 Å². The highest BCUT2D eigenvalue weighted by Gasteiger charge is 2.20. The number of aryl methyl sites for hydroxylation is 4. The largest absolute Gasteiger partial charge is 0.324 e. The molecule has 25 heavy (non-hydrogen) atoms. The van der Waals surface area contributed by atoms with E-state index in [1.807, 2.05) is 64.1 Å². The summed E-state index contributed by atoms with van der Waals surface area (Å²) in [5.74, 6) is -0.343. The second-order valence-electron chi connectivity index (χ2n) is 6.41. The predicted octanol–water partition coefficient (Wildman–Crippen LogP) is 4.17. The van der Waals surface area contributed by atoms with Gasteiger partial charge in [0.25, 0.3) is 0 Å². The van der Waals surface area contributed by atoms with Crippen LogP contribution in [0.2, 0.25) is 0 Å². The summed E-state index contributed by atoms with van der Waals surface area (Å²) >= 11 is 0. The smallest absolute Gasteiger partial charge is 0.244 e. The molecule has 0 bridgehead atoms. The van der Waals surface area contributed by atoms with Gasteiger partial charge in [0.2, 0.25) is 11.8 Å². The molecule has 0 aromatic heterocycles. The van der Waals surface area contributed by atoms with Crippen LogP contribution in [0.15, 0.2) is 36.4 Å². The quantitative estimate of drug-likeness (QED) is 0.889. The molecule has 132 valence electrons. The highest BCUT2D eigenvalue weighted by atomic mass is 16.2. The number of anilines is 2. The molecule has 0 unspecified atom stereocenters. The Bertz CT molecular complexity index is 773. The first-order valence-electron chi connectivity index (χ1n) is 8.57. The van der Waals surface area contributed by atoms with Gasteiger partial charge in [0.1, 0.15) is 6.54 Å². The molecule has 1 N–H and O–H groups in total. The minimum absolute atomic E-state index is 0.00186. The summed E-state index contributed by atoms with van der Waals surface area (Å²) in [5, 5.41) is 2.93. The average Bonchev–Trinajstić information content (AvgIpc) is 2.53. The lowest BCUT2D eigenvalue weighted by atomic mass is 10.0. The zero-order valence-electron chi connectivity index (χ0n) is 15.6. The van der Waals surface area contributed by atoms with E-state index in [-0.39, 0.29) is 18.4 Å². The molecule has 0 saturated heterocycles. The number of carbonyl (C=O) groups is 2. The molecule has 2 amide bonds. The van der Waals surface area contributed by atoms with Gasteiger partial charge in [0, 0.05) is 12.6 Å². The number of hydrogen-bond acceptors (Lipinski definition) is 2. The van der Waals surface area contributed by atoms with Crippen molar-refractivity contribution in [2.24, 2.45) is 0 Å². The Morgan fingerprint density at radius 1 is 1.04 bits per heavy atom. The topological polar surface area (TPSA) is 49.4 Å². The molecular weight excluding hydrogens is 312 g/mol. The van der Waals surface area contributed by atoms with Crippen LogP contribution in [0.4, 0.5) is 11.4 Å². The minimum atomic E-state index is -0.199. The molecule has 4 heteroatoms. The summed E-state index contributed by atoms with van der Waals surface area (Å²) in [6.45, 7) is 9.50. The van der Waals surface area contributed by atoms with Gasteiger partial charge in [-0.3, -0.25) is 9.59 Å². The first kappa shape index (κ1) is 18.7. The third kappa shape index (κ3) is 4.47. The lowest BCUT2D eigenvalue weighted by Gasteiger charge is -2.25. The summed E-state index contributed by atoms with van der Waals surface area (Å²) in [7, 11) is 0. The van der Waals surface area contributed by atoms with E-state index >= 15 is 0 Å². The highest BCUT2D eigenvalue weighted by Crippen LogP contribution is 2.26. The Kier molecular flexibility index (Phi) is 5.97. The third-order valence-electron chi connectivity index (χ3n) is 4.26. The minimum Gasteiger partial charge on any atom is -0.324 e. The Morgan fingerprint density at radius 3 is 2.20 bits per heavy atom. The average molecular weight is 338 g/mol. The van der Waals surface area contributed by atoms with Crippen molar-refractivity contribution in [3.8, 4) is 0 Å². The van der Waals surface area contributed by atoms with Crippen LogP contribution in [0.5, 0.6) is 0 Å². The molecule has 0 aliphatic carbocycles. The number of benzene rings is 2. The number of para-hydroxylation sites is 1. The van der Waals surface area contributed by atoms with Crippen molar-refractivity contribution in [1.29, 1.82) is 0 Å². The fourth-order valence-corrected chi connectivity index (χ4v) is 3.23. The molecule has 4 nitrogen and oxygen atoms in total. The second kappa shape index (κ2) is 7.97. The van der Waals surface area contributed by atoms with Crippen LogP contribution in [-0.2, 0) is 16.0 Å². The number of nitrogens with one attached hydrogen (secondary N) is 1. The first-order valence-corrected chi connectivity index (χ1v) is 8.57. The Morgan fingerprint density at radius 2 is 1.64 bits per heavy atom. The van der Waals surface area contributed by atoms with Gasteiger partial charge in [-0.05, 0) is 49.9 Å². The van der Waals surface area contributed by atoms with Crippen LogP contribution in [-0.4, -0.2) is 18.4 Å². The number of hydrogen-bond donors (Lipinski definition) is 1. The van der Waals surface area contributed by atoms with Crippen LogP contribution >= 0.6 is 0 Å². The van der Waals surface area contributed by atoms with Gasteiger partial charge in [0.05, 0.1) is 5.69 Å². The lowest BCUT2D eigenvalue weighted by molar-refractivity contribution is -0.120. The molecule has 0 fully saturated rings. The molecule has 0 atom stereocenters. The number of nitrogens with zero attached hydrogens (tertiary/aromatic N) is 1. The predicted molar refractivity (Wildman–Crippen MR) is 103 cm³/mol. The summed E-state index contributed by atoms with van der Waals surface area (Å²) < 4.78 is 0. The van der Waals surface area contributed by atoms with E-state index in [1.165, 1.54) is 6.92 Å². The summed E-state index contributed by atoms with van der Waals surface area (Å²) in [4.78, 5) is 26.3. The molecule has 0 radical (unpaired) electrons. The fourth-order valence-electron chi connectivity index (χ4n) is 3.23. The van der Waals surface area contributed by atoms with Gasteiger partial charge < -0.3 is 10.2 Å². The van der Waals surface area contributed by atoms with Gasteiger partial charge in [-0.25, -0.2) is 0 Å². The van der Waals surface area contributed by atoms with Gasteiger partial charge in [-0.1, -0.05) is 42.8 Å². The molecule has 2 rings (SSSR count). The normalized spacial score (nSPS) is 10.4. The number of rotatable bonds is 5. The zero-order chi connectivity index (χ0) is 18.6. The summed E-state index contributed by atoms with van der Waals surface area (Å²) in [5.41, 5.74) is 5.83. The van der Waals surface area contributed by atoms with E-state index in [2.05, 4.69) is 5.32 Å². The van der Waals surface area contributed by atoms with Crippen molar-refractivity contribution in [2.45, 2.75) is 41.0 Å². The van der Waals surface area contributed by atoms with E-state index in [4.69, 9.17) is 0 Å². The Balaban J connectivity index is 2.25. The molecule has 0 spiro atoms. The van der Waals surface area contributed by atoms with Crippen molar-refractivity contribution >= 4 is 23.2 Å². The van der Waals surface area contributed by atoms with Crippen molar-refractivity contribution in [1.82, 2.24) is 0 Å². The zero-order valence-corrected chi connectivity index (χ0v) is 15.6. The summed E-state index contributed by atoms with van der Waals surface area (Å²) in [6.07, 6.45) is 0.836. The van der Waals surface area contributed by atoms with E-state index < -0.39 is 0 Å². The van der Waals surface area contributed by atoms with Crippen molar-refractivity contribution < 1.29 is 9.59 Å². The van der Waals surface area contributed by atoms with Crippen LogP contribution in [0.1, 0.15) is 36.1 Å². The maximum absolute atomic E-state index is 12.6. The van der Waals surface area contributed by atoms with Crippen LogP contribution < -0.4 is 10.2 Å². The van der Waals surface area contributed by atoms with Crippen molar-refractivity contribution in [2.75, 3.05) is 16.8 Å². The van der Waals surface area contributed by atoms with E-state index in [0.717, 1.165) is 40.0 Å². The van der Waals surface area contributed by atoms with Crippen molar-refractivity contribution in [3.05, 3.63) is 58.7 Å². The van der Waals surface area contributed by atoms with Gasteiger partial charge >= 0.3 is 0 Å². The molecule has 0 aliphatic rings. The molecule has 0 aliphatic heterocycles. The maximum Gasteiger partial charge on any atom is 0.244 e. The third-order valence-corrected chi connectivity index (χ3v) is 4.26. The molecule has 2 aromatic rings. The molecule has 0 saturated carbocycles. The maximum atomic E-state index is 12.6. The van der Waals surface area contributed by atoms with Crippen LogP contribution in [0, 0.1) is 20.8 Å².